The minimum Gasteiger partial charge on any atom is -0.481 e. The molecule has 0 aliphatic rings. The first kappa shape index (κ1) is 25.1. The van der Waals surface area contributed by atoms with Gasteiger partial charge in [0.1, 0.15) is 0 Å². The first-order chi connectivity index (χ1) is 14.2. The Morgan fingerprint density at radius 2 is 1.40 bits per heavy atom. The number of hydrogen-bond acceptors (Lipinski definition) is 3. The van der Waals surface area contributed by atoms with Gasteiger partial charge in [-0.15, -0.1) is 0 Å². The summed E-state index contributed by atoms with van der Waals surface area (Å²) in [6, 6.07) is 19.9. The molecule has 0 aliphatic heterocycles. The summed E-state index contributed by atoms with van der Waals surface area (Å²) in [7, 11) is 26.1. The smallest absolute Gasteiger partial charge is 0.303 e. The van der Waals surface area contributed by atoms with Gasteiger partial charge in [-0.3, -0.25) is 4.79 Å². The normalized spacial score (nSPS) is 13.1. The van der Waals surface area contributed by atoms with E-state index in [4.69, 9.17) is 36.5 Å². The van der Waals surface area contributed by atoms with Crippen molar-refractivity contribution in [1.82, 2.24) is 0 Å². The second kappa shape index (κ2) is 12.0. The van der Waals surface area contributed by atoms with E-state index in [9.17, 15) is 4.79 Å². The molecule has 2 rings (SSSR count). The van der Waals surface area contributed by atoms with E-state index < -0.39 is 15.7 Å². The van der Waals surface area contributed by atoms with Crippen LogP contribution < -0.4 is 0 Å². The highest BCUT2D eigenvalue weighted by Gasteiger charge is 2.41. The molecule has 0 saturated carbocycles. The van der Waals surface area contributed by atoms with Crippen LogP contribution in [0, 0.1) is 0 Å². The van der Waals surface area contributed by atoms with Crippen LogP contribution in [0.5, 0.6) is 0 Å². The molecule has 0 bridgehead atoms. The molecular weight excluding hydrogens is 404 g/mol. The van der Waals surface area contributed by atoms with Gasteiger partial charge in [0, 0.05) is 17.9 Å². The summed E-state index contributed by atoms with van der Waals surface area (Å²) >= 11 is 2.95. The number of carboxylic acids is 1. The second-order valence-electron chi connectivity index (χ2n) is 7.43. The van der Waals surface area contributed by atoms with Gasteiger partial charge in [-0.25, -0.2) is 0 Å². The van der Waals surface area contributed by atoms with Crippen LogP contribution in [0.2, 0.25) is 5.21 Å². The van der Waals surface area contributed by atoms with Gasteiger partial charge in [-0.2, -0.15) is 23.5 Å². The molecule has 30 heavy (non-hydrogen) atoms. The summed E-state index contributed by atoms with van der Waals surface area (Å²) in [5.41, 5.74) is 2.25. The maximum absolute atomic E-state index is 10.8. The molecule has 8 heteroatoms. The van der Waals surface area contributed by atoms with E-state index in [1.54, 1.807) is 11.8 Å². The molecule has 0 fully saturated rings. The van der Waals surface area contributed by atoms with Crippen molar-refractivity contribution in [1.29, 1.82) is 0 Å². The van der Waals surface area contributed by atoms with Gasteiger partial charge in [0.2, 0.25) is 0 Å². The Morgan fingerprint density at radius 1 is 0.867 bits per heavy atom. The third-order valence-corrected chi connectivity index (χ3v) is 7.77. The topological polar surface area (TPSA) is 37.3 Å². The molecule has 0 aliphatic carbocycles. The molecule has 0 heterocycles. The van der Waals surface area contributed by atoms with Crippen LogP contribution in [0.15, 0.2) is 60.7 Å². The molecule has 2 aromatic rings. The number of thioether (sulfide) groups is 2. The Hall–Kier alpha value is -1.13. The maximum atomic E-state index is 10.8. The lowest BCUT2D eigenvalue weighted by atomic mass is 9.36. The predicted molar refractivity (Wildman–Crippen MR) is 134 cm³/mol. The average Bonchev–Trinajstić information content (AvgIpc) is 2.72. The zero-order chi connectivity index (χ0) is 22.0. The predicted octanol–water partition coefficient (Wildman–Crippen LogP) is 4.31. The summed E-state index contributed by atoms with van der Waals surface area (Å²) in [6.07, 6.45) is 2.01. The minimum atomic E-state index is -1.36. The highest BCUT2D eigenvalue weighted by Crippen LogP contribution is 2.49. The van der Waals surface area contributed by atoms with E-state index in [1.165, 1.54) is 11.8 Å². The van der Waals surface area contributed by atoms with Gasteiger partial charge in [0.05, 0.1) is 31.4 Å². The highest BCUT2D eigenvalue weighted by molar-refractivity contribution is 8.03. The molecule has 0 spiro atoms. The van der Waals surface area contributed by atoms with E-state index in [0.29, 0.717) is 25.0 Å². The summed E-state index contributed by atoms with van der Waals surface area (Å²) < 4.78 is -1.36. The Balaban J connectivity index is 2.07. The molecule has 2 nitrogen and oxygen atoms in total. The number of carbonyl (C=O) groups is 1. The zero-order valence-electron chi connectivity index (χ0n) is 17.1. The minimum absolute atomic E-state index is 0.122. The van der Waals surface area contributed by atoms with Crippen LogP contribution in [-0.4, -0.2) is 52.3 Å². The van der Waals surface area contributed by atoms with Crippen LogP contribution >= 0.6 is 23.5 Å². The first-order valence-electron chi connectivity index (χ1n) is 9.93. The zero-order valence-corrected chi connectivity index (χ0v) is 18.7. The molecule has 8 radical (unpaired) electrons. The SMILES string of the molecule is [B]C([B])(SCc1ccccc1)C([B])([B])C(CCCCC(=O)O)SCc1ccccc1. The van der Waals surface area contributed by atoms with Gasteiger partial charge in [-0.05, 0) is 29.2 Å². The number of rotatable bonds is 13. The fraction of sp³-hybridized carbons (Fsp3) is 0.409. The van der Waals surface area contributed by atoms with Gasteiger partial charge in [0.15, 0.2) is 0 Å². The molecule has 0 amide bonds. The average molecular weight is 428 g/mol. The maximum Gasteiger partial charge on any atom is 0.303 e. The third kappa shape index (κ3) is 7.85. The van der Waals surface area contributed by atoms with E-state index in [1.807, 2.05) is 60.7 Å². The molecule has 0 saturated heterocycles. The molecule has 1 unspecified atom stereocenters. The van der Waals surface area contributed by atoms with E-state index >= 15 is 0 Å². The summed E-state index contributed by atoms with van der Waals surface area (Å²) in [5.74, 6) is 0.514. The lowest BCUT2D eigenvalue weighted by molar-refractivity contribution is -0.137. The number of carboxylic acid groups (broad SMARTS) is 1. The molecular formula is C22H24B4O2S2. The van der Waals surface area contributed by atoms with Crippen LogP contribution in [0.25, 0.3) is 0 Å². The van der Waals surface area contributed by atoms with Crippen molar-refractivity contribution in [2.24, 2.45) is 0 Å². The van der Waals surface area contributed by atoms with Crippen LogP contribution in [0.3, 0.4) is 0 Å². The summed E-state index contributed by atoms with van der Waals surface area (Å²) in [4.78, 5) is 10.8. The van der Waals surface area contributed by atoms with E-state index in [2.05, 4.69) is 0 Å². The summed E-state index contributed by atoms with van der Waals surface area (Å²) in [6.45, 7) is 0. The Morgan fingerprint density at radius 3 is 1.93 bits per heavy atom. The lowest BCUT2D eigenvalue weighted by Crippen LogP contribution is -2.48. The van der Waals surface area contributed by atoms with Gasteiger partial charge in [0.25, 0.3) is 0 Å². The van der Waals surface area contributed by atoms with Crippen molar-refractivity contribution >= 4 is 60.9 Å². The molecule has 1 atom stereocenters. The molecule has 2 aromatic carbocycles. The number of unbranched alkanes of at least 4 members (excludes halogenated alkanes) is 1. The monoisotopic (exact) mass is 428 g/mol. The van der Waals surface area contributed by atoms with Crippen molar-refractivity contribution in [3.05, 3.63) is 71.8 Å². The third-order valence-electron chi connectivity index (χ3n) is 4.93. The fourth-order valence-corrected chi connectivity index (χ4v) is 5.45. The first-order valence-corrected chi connectivity index (χ1v) is 12.0. The van der Waals surface area contributed by atoms with Crippen molar-refractivity contribution in [2.45, 2.75) is 52.2 Å². The standard InChI is InChI=1S/C22H24B4O2S2/c23-21(24,22(25,26)30-16-18-11-5-2-6-12-18)19(13-7-8-14-20(27)28)29-15-17-9-3-1-4-10-17/h1-6,9-12,19H,7-8,13-16H2,(H,27,28). The van der Waals surface area contributed by atoms with Gasteiger partial charge < -0.3 is 5.11 Å². The Labute approximate surface area is 194 Å². The van der Waals surface area contributed by atoms with Crippen LogP contribution in [-0.2, 0) is 16.3 Å². The lowest BCUT2D eigenvalue weighted by Gasteiger charge is -2.49. The Kier molecular flexibility index (Phi) is 10.1. The van der Waals surface area contributed by atoms with Crippen molar-refractivity contribution in [3.8, 4) is 0 Å². The number of hydrogen-bond donors (Lipinski definition) is 1. The fourth-order valence-electron chi connectivity index (χ4n) is 2.99. The van der Waals surface area contributed by atoms with Crippen molar-refractivity contribution < 1.29 is 9.90 Å². The molecule has 148 valence electrons. The molecule has 1 N–H and O–H groups in total. The van der Waals surface area contributed by atoms with Crippen LogP contribution in [0.4, 0.5) is 0 Å². The Bertz CT molecular complexity index is 773. The van der Waals surface area contributed by atoms with E-state index in [-0.39, 0.29) is 11.7 Å². The number of benzene rings is 2. The van der Waals surface area contributed by atoms with Gasteiger partial charge in [-0.1, -0.05) is 76.8 Å². The molecule has 0 aromatic heterocycles. The van der Waals surface area contributed by atoms with Crippen molar-refractivity contribution in [3.63, 3.8) is 0 Å². The van der Waals surface area contributed by atoms with Crippen molar-refractivity contribution in [2.75, 3.05) is 0 Å². The van der Waals surface area contributed by atoms with E-state index in [0.717, 1.165) is 16.9 Å². The largest absolute Gasteiger partial charge is 0.481 e. The van der Waals surface area contributed by atoms with Crippen LogP contribution in [0.1, 0.15) is 36.8 Å². The quantitative estimate of drug-likeness (QED) is 0.382. The highest BCUT2D eigenvalue weighted by atomic mass is 32.2. The number of aliphatic carboxylic acids is 1. The van der Waals surface area contributed by atoms with Gasteiger partial charge >= 0.3 is 5.97 Å². The summed E-state index contributed by atoms with van der Waals surface area (Å²) in [5, 5.41) is 7.32. The second-order valence-corrected chi connectivity index (χ2v) is 9.87.